The number of nitrogens with one attached hydrogen (secondary N) is 1. The zero-order chi connectivity index (χ0) is 20.9. The summed E-state index contributed by atoms with van der Waals surface area (Å²) in [5.41, 5.74) is 4.04. The summed E-state index contributed by atoms with van der Waals surface area (Å²) in [6.45, 7) is 3.16. The molecule has 2 amide bonds. The van der Waals surface area contributed by atoms with E-state index < -0.39 is 0 Å². The minimum atomic E-state index is -0.0475. The van der Waals surface area contributed by atoms with Crippen LogP contribution in [0.3, 0.4) is 0 Å². The molecule has 1 aliphatic rings. The van der Waals surface area contributed by atoms with Gasteiger partial charge in [-0.2, -0.15) is 0 Å². The molecule has 4 rings (SSSR count). The number of quaternary nitrogens is 1. The van der Waals surface area contributed by atoms with Crippen molar-refractivity contribution >= 4 is 34.5 Å². The first-order chi connectivity index (χ1) is 14.6. The van der Waals surface area contributed by atoms with Gasteiger partial charge in [0, 0.05) is 29.9 Å². The molecule has 2 heterocycles. The summed E-state index contributed by atoms with van der Waals surface area (Å²) in [6, 6.07) is 20.2. The lowest BCUT2D eigenvalue weighted by Crippen LogP contribution is -2.87. The normalized spacial score (nSPS) is 14.7. The van der Waals surface area contributed by atoms with Gasteiger partial charge >= 0.3 is 0 Å². The maximum absolute atomic E-state index is 12.6. The van der Waals surface area contributed by atoms with Gasteiger partial charge in [-0.1, -0.05) is 35.9 Å². The molecule has 0 unspecified atom stereocenters. The van der Waals surface area contributed by atoms with Crippen LogP contribution in [0, 0.1) is 6.92 Å². The van der Waals surface area contributed by atoms with E-state index in [1.165, 1.54) is 16.0 Å². The zero-order valence-electron chi connectivity index (χ0n) is 17.0. The number of carbonyl (C=O) groups is 2. The second-order valence-electron chi connectivity index (χ2n) is 7.59. The number of rotatable bonds is 7. The number of carbonyl (C=O) groups excluding carboxylic acids is 2. The van der Waals surface area contributed by atoms with Gasteiger partial charge in [0.1, 0.15) is 6.04 Å². The fourth-order valence-corrected chi connectivity index (χ4v) is 4.59. The van der Waals surface area contributed by atoms with Gasteiger partial charge in [-0.25, -0.2) is 0 Å². The molecule has 5 nitrogen and oxygen atoms in total. The Bertz CT molecular complexity index is 998. The van der Waals surface area contributed by atoms with Crippen molar-refractivity contribution < 1.29 is 14.9 Å². The second kappa shape index (κ2) is 9.24. The van der Waals surface area contributed by atoms with Crippen LogP contribution in [0.5, 0.6) is 0 Å². The molecule has 1 aromatic heterocycles. The highest BCUT2D eigenvalue weighted by atomic mass is 32.1. The van der Waals surface area contributed by atoms with Gasteiger partial charge in [0.05, 0.1) is 4.88 Å². The van der Waals surface area contributed by atoms with E-state index in [-0.39, 0.29) is 17.9 Å². The van der Waals surface area contributed by atoms with Gasteiger partial charge in [-0.15, -0.1) is 11.3 Å². The monoisotopic (exact) mass is 420 g/mol. The van der Waals surface area contributed by atoms with E-state index in [2.05, 4.69) is 53.3 Å². The Kier molecular flexibility index (Phi) is 6.26. The predicted molar refractivity (Wildman–Crippen MR) is 121 cm³/mol. The number of anilines is 2. The summed E-state index contributed by atoms with van der Waals surface area (Å²) in [5.74, 6) is 0.116. The standard InChI is InChI=1S/C24H25N3O2S/c1-17-6-8-18(9-7-17)24(21-4-3-15-30-21)25-16-22(28)26-19-10-12-20(13-11-19)27-14-2-5-23(27)29/h3-4,6-13,15,24-25H,2,5,14,16H2,1H3,(H,26,28)/p+1/t24-/m1/s1. The van der Waals surface area contributed by atoms with Crippen LogP contribution in [0.15, 0.2) is 66.0 Å². The third kappa shape index (κ3) is 4.78. The number of thiophene rings is 1. The summed E-state index contributed by atoms with van der Waals surface area (Å²) >= 11 is 1.70. The van der Waals surface area contributed by atoms with Gasteiger partial charge in [-0.3, -0.25) is 9.59 Å². The van der Waals surface area contributed by atoms with Crippen LogP contribution < -0.4 is 15.5 Å². The van der Waals surface area contributed by atoms with Crippen molar-refractivity contribution in [3.63, 3.8) is 0 Å². The van der Waals surface area contributed by atoms with Gasteiger partial charge in [0.15, 0.2) is 6.54 Å². The lowest BCUT2D eigenvalue weighted by atomic mass is 10.0. The van der Waals surface area contributed by atoms with Crippen molar-refractivity contribution in [1.29, 1.82) is 0 Å². The van der Waals surface area contributed by atoms with E-state index in [1.807, 2.05) is 30.3 Å². The molecule has 1 fully saturated rings. The molecule has 0 aliphatic carbocycles. The second-order valence-corrected chi connectivity index (χ2v) is 8.57. The molecule has 30 heavy (non-hydrogen) atoms. The van der Waals surface area contributed by atoms with Crippen molar-refractivity contribution in [2.24, 2.45) is 0 Å². The van der Waals surface area contributed by atoms with Crippen LogP contribution in [0.25, 0.3) is 0 Å². The van der Waals surface area contributed by atoms with Crippen LogP contribution in [-0.2, 0) is 9.59 Å². The van der Waals surface area contributed by atoms with Crippen LogP contribution in [-0.4, -0.2) is 24.9 Å². The van der Waals surface area contributed by atoms with Crippen molar-refractivity contribution in [2.75, 3.05) is 23.3 Å². The third-order valence-corrected chi connectivity index (χ3v) is 6.32. The van der Waals surface area contributed by atoms with Gasteiger partial charge in [0.25, 0.3) is 5.91 Å². The van der Waals surface area contributed by atoms with Crippen LogP contribution in [0.2, 0.25) is 0 Å². The Hall–Kier alpha value is -2.96. The quantitative estimate of drug-likeness (QED) is 0.615. The van der Waals surface area contributed by atoms with E-state index in [9.17, 15) is 9.59 Å². The Labute approximate surface area is 180 Å². The maximum Gasteiger partial charge on any atom is 0.279 e. The summed E-state index contributed by atoms with van der Waals surface area (Å²) in [5, 5.41) is 7.10. The molecule has 154 valence electrons. The fourth-order valence-electron chi connectivity index (χ4n) is 3.74. The smallest absolute Gasteiger partial charge is 0.279 e. The minimum Gasteiger partial charge on any atom is -0.328 e. The number of hydrogen-bond acceptors (Lipinski definition) is 3. The number of benzene rings is 2. The number of nitrogens with zero attached hydrogens (tertiary/aromatic N) is 1. The Balaban J connectivity index is 1.38. The molecular formula is C24H26N3O2S+. The summed E-state index contributed by atoms with van der Waals surface area (Å²) < 4.78 is 0. The van der Waals surface area contributed by atoms with Crippen molar-refractivity contribution in [3.05, 3.63) is 82.0 Å². The molecule has 0 bridgehead atoms. The highest BCUT2D eigenvalue weighted by Gasteiger charge is 2.22. The molecule has 0 radical (unpaired) electrons. The van der Waals surface area contributed by atoms with Gasteiger partial charge in [-0.05, 0) is 49.1 Å². The van der Waals surface area contributed by atoms with E-state index >= 15 is 0 Å². The molecule has 0 saturated carbocycles. The number of amides is 2. The first-order valence-electron chi connectivity index (χ1n) is 10.2. The molecule has 3 aromatic rings. The molecule has 1 atom stereocenters. The lowest BCUT2D eigenvalue weighted by Gasteiger charge is -2.17. The van der Waals surface area contributed by atoms with Crippen molar-refractivity contribution in [2.45, 2.75) is 25.8 Å². The number of aryl methyl sites for hydroxylation is 1. The summed E-state index contributed by atoms with van der Waals surface area (Å²) in [6.07, 6.45) is 1.51. The molecule has 1 saturated heterocycles. The minimum absolute atomic E-state index is 0.0475. The molecule has 3 N–H and O–H groups in total. The van der Waals surface area contributed by atoms with Crippen molar-refractivity contribution in [1.82, 2.24) is 0 Å². The molecule has 6 heteroatoms. The molecule has 1 aliphatic heterocycles. The van der Waals surface area contributed by atoms with E-state index in [0.29, 0.717) is 13.0 Å². The summed E-state index contributed by atoms with van der Waals surface area (Å²) in [4.78, 5) is 27.5. The molecule has 2 aromatic carbocycles. The largest absolute Gasteiger partial charge is 0.328 e. The highest BCUT2D eigenvalue weighted by Crippen LogP contribution is 2.24. The fraction of sp³-hybridized carbons (Fsp3) is 0.250. The Morgan fingerprint density at radius 2 is 1.90 bits per heavy atom. The van der Waals surface area contributed by atoms with Gasteiger partial charge in [0.2, 0.25) is 5.91 Å². The third-order valence-electron chi connectivity index (χ3n) is 5.36. The SMILES string of the molecule is Cc1ccc([C@@H]([NH2+]CC(=O)Nc2ccc(N3CCCC3=O)cc2)c2cccs2)cc1. The highest BCUT2D eigenvalue weighted by molar-refractivity contribution is 7.10. The Morgan fingerprint density at radius 1 is 1.13 bits per heavy atom. The van der Waals surface area contributed by atoms with Crippen LogP contribution in [0.4, 0.5) is 11.4 Å². The van der Waals surface area contributed by atoms with E-state index in [4.69, 9.17) is 0 Å². The average molecular weight is 421 g/mol. The van der Waals surface area contributed by atoms with Gasteiger partial charge < -0.3 is 15.5 Å². The van der Waals surface area contributed by atoms with Crippen molar-refractivity contribution in [3.8, 4) is 0 Å². The average Bonchev–Trinajstić information content (AvgIpc) is 3.42. The maximum atomic E-state index is 12.6. The zero-order valence-corrected chi connectivity index (χ0v) is 17.8. The van der Waals surface area contributed by atoms with E-state index in [1.54, 1.807) is 16.2 Å². The van der Waals surface area contributed by atoms with Crippen LogP contribution >= 0.6 is 11.3 Å². The predicted octanol–water partition coefficient (Wildman–Crippen LogP) is 3.47. The lowest BCUT2D eigenvalue weighted by molar-refractivity contribution is -0.675. The Morgan fingerprint density at radius 3 is 2.53 bits per heavy atom. The molecular weight excluding hydrogens is 394 g/mol. The summed E-state index contributed by atoms with van der Waals surface area (Å²) in [7, 11) is 0. The van der Waals surface area contributed by atoms with E-state index in [0.717, 1.165) is 24.3 Å². The number of hydrogen-bond donors (Lipinski definition) is 2. The first-order valence-corrected chi connectivity index (χ1v) is 11.1. The first kappa shape index (κ1) is 20.3. The van der Waals surface area contributed by atoms with Crippen LogP contribution in [0.1, 0.15) is 34.9 Å². The molecule has 0 spiro atoms. The number of nitrogens with two attached hydrogens (primary N) is 1. The topological polar surface area (TPSA) is 66.0 Å².